The Morgan fingerprint density at radius 2 is 1.45 bits per heavy atom. The van der Waals surface area contributed by atoms with Crippen molar-refractivity contribution in [1.29, 1.82) is 0 Å². The van der Waals surface area contributed by atoms with Crippen LogP contribution in [0.2, 0.25) is 0 Å². The number of benzene rings is 3. The van der Waals surface area contributed by atoms with Crippen LogP contribution in [0.25, 0.3) is 11.1 Å². The monoisotopic (exact) mass is 529 g/mol. The predicted molar refractivity (Wildman–Crippen MR) is 157 cm³/mol. The quantitative estimate of drug-likeness (QED) is 0.271. The van der Waals surface area contributed by atoms with Crippen LogP contribution in [-0.2, 0) is 11.8 Å². The summed E-state index contributed by atoms with van der Waals surface area (Å²) in [5.74, 6) is -1.13. The molecule has 0 saturated carbocycles. The van der Waals surface area contributed by atoms with E-state index in [4.69, 9.17) is 0 Å². The first-order valence-corrected chi connectivity index (χ1v) is 13.1. The molecule has 7 nitrogen and oxygen atoms in total. The second-order valence-electron chi connectivity index (χ2n) is 9.80. The summed E-state index contributed by atoms with van der Waals surface area (Å²) in [6, 6.07) is 30.0. The van der Waals surface area contributed by atoms with Crippen molar-refractivity contribution in [2.24, 2.45) is 7.05 Å². The van der Waals surface area contributed by atoms with E-state index in [1.165, 1.54) is 4.68 Å². The van der Waals surface area contributed by atoms with Gasteiger partial charge in [0.2, 0.25) is 5.91 Å². The van der Waals surface area contributed by atoms with Crippen LogP contribution in [0.3, 0.4) is 0 Å². The highest BCUT2D eigenvalue weighted by atomic mass is 16.2. The minimum Gasteiger partial charge on any atom is -0.338 e. The van der Waals surface area contributed by atoms with Gasteiger partial charge in [-0.05, 0) is 65.9 Å². The van der Waals surface area contributed by atoms with E-state index in [-0.39, 0.29) is 11.8 Å². The number of nitrogens with zero attached hydrogens (tertiary/aromatic N) is 3. The number of carbonyl (C=O) groups is 2. The number of aromatic nitrogens is 3. The van der Waals surface area contributed by atoms with Crippen molar-refractivity contribution in [2.75, 3.05) is 5.32 Å². The molecule has 0 saturated heterocycles. The Labute approximate surface area is 233 Å². The molecule has 0 radical (unpaired) electrons. The van der Waals surface area contributed by atoms with Gasteiger partial charge < -0.3 is 10.6 Å². The summed E-state index contributed by atoms with van der Waals surface area (Å²) in [6.45, 7) is 3.99. The smallest absolute Gasteiger partial charge is 0.270 e. The molecule has 2 N–H and O–H groups in total. The molecule has 0 aliphatic heterocycles. The fourth-order valence-electron chi connectivity index (χ4n) is 4.90. The number of carbonyl (C=O) groups excluding carboxylic acids is 2. The van der Waals surface area contributed by atoms with E-state index in [1.54, 1.807) is 19.3 Å². The molecule has 3 aromatic carbocycles. The highest BCUT2D eigenvalue weighted by Gasteiger charge is 2.33. The molecular formula is C33H31N5O2. The van der Waals surface area contributed by atoms with Crippen molar-refractivity contribution in [3.63, 3.8) is 0 Å². The van der Waals surface area contributed by atoms with Crippen LogP contribution in [0.1, 0.15) is 38.8 Å². The molecule has 0 spiro atoms. The first-order chi connectivity index (χ1) is 19.4. The summed E-state index contributed by atoms with van der Waals surface area (Å²) in [4.78, 5) is 31.7. The Bertz CT molecular complexity index is 1570. The Balaban J connectivity index is 1.49. The minimum absolute atomic E-state index is 0.322. The van der Waals surface area contributed by atoms with E-state index in [0.29, 0.717) is 11.4 Å². The largest absolute Gasteiger partial charge is 0.338 e. The third-order valence-electron chi connectivity index (χ3n) is 6.98. The van der Waals surface area contributed by atoms with Gasteiger partial charge in [0.1, 0.15) is 11.7 Å². The van der Waals surface area contributed by atoms with Crippen LogP contribution in [0, 0.1) is 13.8 Å². The number of anilines is 1. The lowest BCUT2D eigenvalue weighted by molar-refractivity contribution is -0.118. The van der Waals surface area contributed by atoms with Crippen molar-refractivity contribution in [2.45, 2.75) is 25.8 Å². The molecule has 5 rings (SSSR count). The van der Waals surface area contributed by atoms with Crippen LogP contribution < -0.4 is 10.6 Å². The molecule has 0 aliphatic carbocycles. The minimum atomic E-state index is -0.906. The molecule has 7 heteroatoms. The molecule has 40 heavy (non-hydrogen) atoms. The molecule has 2 heterocycles. The van der Waals surface area contributed by atoms with Crippen LogP contribution in [-0.4, -0.2) is 32.6 Å². The average Bonchev–Trinajstić information content (AvgIpc) is 3.41. The highest BCUT2D eigenvalue weighted by Crippen LogP contribution is 2.30. The number of nitrogens with one attached hydrogen (secondary N) is 2. The number of hydrogen-bond donors (Lipinski definition) is 2. The molecule has 2 amide bonds. The lowest BCUT2D eigenvalue weighted by Gasteiger charge is -2.28. The van der Waals surface area contributed by atoms with Crippen molar-refractivity contribution in [3.8, 4) is 11.1 Å². The van der Waals surface area contributed by atoms with E-state index in [1.807, 2.05) is 105 Å². The fraction of sp³-hybridized carbons (Fsp3) is 0.152. The van der Waals surface area contributed by atoms with Gasteiger partial charge in [-0.3, -0.25) is 19.3 Å². The third-order valence-corrected chi connectivity index (χ3v) is 6.98. The van der Waals surface area contributed by atoms with E-state index in [2.05, 4.69) is 26.8 Å². The van der Waals surface area contributed by atoms with Gasteiger partial charge in [-0.2, -0.15) is 5.10 Å². The number of pyridine rings is 1. The first kappa shape index (κ1) is 26.6. The van der Waals surface area contributed by atoms with E-state index >= 15 is 0 Å². The summed E-state index contributed by atoms with van der Waals surface area (Å²) >= 11 is 0. The fourth-order valence-corrected chi connectivity index (χ4v) is 4.90. The molecule has 0 bridgehead atoms. The molecule has 0 fully saturated rings. The number of aryl methyl sites for hydroxylation is 3. The number of hydrogen-bond acceptors (Lipinski definition) is 4. The molecular weight excluding hydrogens is 498 g/mol. The van der Waals surface area contributed by atoms with Crippen molar-refractivity contribution in [1.82, 2.24) is 20.1 Å². The van der Waals surface area contributed by atoms with Gasteiger partial charge in [0, 0.05) is 36.7 Å². The summed E-state index contributed by atoms with van der Waals surface area (Å²) < 4.78 is 1.49. The average molecular weight is 530 g/mol. The zero-order valence-electron chi connectivity index (χ0n) is 22.7. The van der Waals surface area contributed by atoms with E-state index in [0.717, 1.165) is 33.5 Å². The third kappa shape index (κ3) is 5.83. The molecule has 2 aromatic heterocycles. The van der Waals surface area contributed by atoms with Crippen LogP contribution >= 0.6 is 0 Å². The zero-order chi connectivity index (χ0) is 28.1. The molecule has 5 aromatic rings. The lowest BCUT2D eigenvalue weighted by atomic mass is 9.84. The first-order valence-electron chi connectivity index (χ1n) is 13.1. The lowest BCUT2D eigenvalue weighted by Crippen LogP contribution is -2.48. The normalized spacial score (nSPS) is 11.7. The van der Waals surface area contributed by atoms with Gasteiger partial charge in [0.05, 0.1) is 0 Å². The van der Waals surface area contributed by atoms with Crippen LogP contribution in [0.4, 0.5) is 5.69 Å². The SMILES string of the molecule is Cc1cc(-c2ccc(NC(=O)C(NC(=O)c3ccnn3C)C(c3ccccc3)c3ccccc3)cc2)c(C)cn1. The number of rotatable bonds is 8. The summed E-state index contributed by atoms with van der Waals surface area (Å²) in [6.07, 6.45) is 3.42. The highest BCUT2D eigenvalue weighted by molar-refractivity contribution is 6.01. The van der Waals surface area contributed by atoms with Crippen LogP contribution in [0.5, 0.6) is 0 Å². The molecule has 0 aliphatic rings. The van der Waals surface area contributed by atoms with Crippen molar-refractivity contribution in [3.05, 3.63) is 138 Å². The molecule has 1 atom stereocenters. The van der Waals surface area contributed by atoms with E-state index < -0.39 is 12.0 Å². The van der Waals surface area contributed by atoms with Gasteiger partial charge in [-0.25, -0.2) is 0 Å². The summed E-state index contributed by atoms with van der Waals surface area (Å²) in [7, 11) is 1.70. The Kier molecular flexibility index (Phi) is 7.82. The Morgan fingerprint density at radius 3 is 2.02 bits per heavy atom. The van der Waals surface area contributed by atoms with Gasteiger partial charge >= 0.3 is 0 Å². The van der Waals surface area contributed by atoms with E-state index in [9.17, 15) is 9.59 Å². The van der Waals surface area contributed by atoms with Gasteiger partial charge in [0.15, 0.2) is 0 Å². The Hall–Kier alpha value is -5.04. The molecule has 1 unspecified atom stereocenters. The maximum Gasteiger partial charge on any atom is 0.270 e. The van der Waals surface area contributed by atoms with Crippen LogP contribution in [0.15, 0.2) is 109 Å². The van der Waals surface area contributed by atoms with Gasteiger partial charge in [-0.1, -0.05) is 72.8 Å². The predicted octanol–water partition coefficient (Wildman–Crippen LogP) is 5.67. The van der Waals surface area contributed by atoms with Gasteiger partial charge in [0.25, 0.3) is 5.91 Å². The topological polar surface area (TPSA) is 88.9 Å². The second kappa shape index (κ2) is 11.8. The maximum absolute atomic E-state index is 14.0. The maximum atomic E-state index is 14.0. The summed E-state index contributed by atoms with van der Waals surface area (Å²) in [5.41, 5.74) is 6.98. The Morgan fingerprint density at radius 1 is 0.825 bits per heavy atom. The van der Waals surface area contributed by atoms with Crippen molar-refractivity contribution < 1.29 is 9.59 Å². The second-order valence-corrected chi connectivity index (χ2v) is 9.80. The van der Waals surface area contributed by atoms with Crippen molar-refractivity contribution >= 4 is 17.5 Å². The zero-order valence-corrected chi connectivity index (χ0v) is 22.7. The summed E-state index contributed by atoms with van der Waals surface area (Å²) in [5, 5.41) is 10.2. The standard InChI is InChI=1S/C33H31N5O2/c1-22-21-34-23(2)20-28(22)24-14-16-27(17-15-24)36-33(40)31(37-32(39)29-18-19-35-38(29)3)30(25-10-6-4-7-11-25)26-12-8-5-9-13-26/h4-21,30-31H,1-3H3,(H,36,40)(H,37,39). The number of amides is 2. The molecule has 200 valence electrons. The van der Waals surface area contributed by atoms with Gasteiger partial charge in [-0.15, -0.1) is 0 Å².